The Hall–Kier alpha value is -2.70. The second-order valence-corrected chi connectivity index (χ2v) is 6.92. The van der Waals surface area contributed by atoms with Crippen molar-refractivity contribution in [2.24, 2.45) is 0 Å². The monoisotopic (exact) mass is 365 g/mol. The fraction of sp³-hybridized carbons (Fsp3) is 0. The lowest BCUT2D eigenvalue weighted by Gasteiger charge is -2.09. The molecule has 0 radical (unpaired) electrons. The van der Waals surface area contributed by atoms with Crippen molar-refractivity contribution in [1.82, 2.24) is 4.98 Å². The lowest BCUT2D eigenvalue weighted by Crippen LogP contribution is -2.01. The van der Waals surface area contributed by atoms with E-state index in [0.29, 0.717) is 32.7 Å². The minimum absolute atomic E-state index is 0.120. The molecule has 6 heteroatoms. The Bertz CT molecular complexity index is 1090. The number of aromatic nitrogens is 1. The van der Waals surface area contributed by atoms with Gasteiger partial charge in [0.25, 0.3) is 0 Å². The summed E-state index contributed by atoms with van der Waals surface area (Å²) in [6.07, 6.45) is 0. The van der Waals surface area contributed by atoms with E-state index in [1.807, 2.05) is 30.3 Å². The highest BCUT2D eigenvalue weighted by molar-refractivity contribution is 8.22. The van der Waals surface area contributed by atoms with E-state index in [1.54, 1.807) is 24.3 Å². The van der Waals surface area contributed by atoms with Crippen LogP contribution >= 0.6 is 24.0 Å². The zero-order chi connectivity index (χ0) is 17.2. The summed E-state index contributed by atoms with van der Waals surface area (Å²) in [6, 6.07) is 19.6. The molecule has 25 heavy (non-hydrogen) atoms. The minimum atomic E-state index is -0.120. The van der Waals surface area contributed by atoms with E-state index in [2.05, 4.69) is 4.98 Å². The molecule has 4 rings (SSSR count). The van der Waals surface area contributed by atoms with Gasteiger partial charge in [0.05, 0.1) is 0 Å². The molecular weight excluding hydrogens is 354 g/mol. The number of fused-ring (bicyclic) bond motifs is 2. The second-order valence-electron chi connectivity index (χ2n) is 5.24. The van der Waals surface area contributed by atoms with Crippen molar-refractivity contribution >= 4 is 39.5 Å². The summed E-state index contributed by atoms with van der Waals surface area (Å²) >= 11 is 6.66. The quantitative estimate of drug-likeness (QED) is 0.290. The van der Waals surface area contributed by atoms with Crippen LogP contribution in [0.3, 0.4) is 0 Å². The summed E-state index contributed by atoms with van der Waals surface area (Å²) in [4.78, 5) is 17.0. The predicted molar refractivity (Wildman–Crippen MR) is 102 cm³/mol. The molecule has 122 valence electrons. The van der Waals surface area contributed by atoms with Crippen LogP contribution in [0.25, 0.3) is 22.6 Å². The molecule has 0 amide bonds. The average Bonchev–Trinajstić information content (AvgIpc) is 2.60. The Balaban J connectivity index is 1.62. The van der Waals surface area contributed by atoms with Crippen molar-refractivity contribution in [3.63, 3.8) is 0 Å². The van der Waals surface area contributed by atoms with E-state index in [4.69, 9.17) is 21.4 Å². The molecule has 0 saturated heterocycles. The third-order valence-corrected chi connectivity index (χ3v) is 4.56. The van der Waals surface area contributed by atoms with Gasteiger partial charge in [0.1, 0.15) is 17.0 Å². The van der Waals surface area contributed by atoms with Gasteiger partial charge in [-0.2, -0.15) is 0 Å². The van der Waals surface area contributed by atoms with Crippen molar-refractivity contribution in [1.29, 1.82) is 0 Å². The van der Waals surface area contributed by atoms with Gasteiger partial charge in [-0.05, 0) is 60.4 Å². The maximum atomic E-state index is 11.5. The number of rotatable bonds is 2. The van der Waals surface area contributed by atoms with Crippen molar-refractivity contribution in [2.75, 3.05) is 0 Å². The first-order valence-corrected chi connectivity index (χ1v) is 8.69. The Morgan fingerprint density at radius 1 is 1.04 bits per heavy atom. The molecule has 0 N–H and O–H groups in total. The third kappa shape index (κ3) is 3.55. The standard InChI is InChI=1S/C19H11NO3S2/c21-12-6-8-15-17(10-12)23-18-11-13(7-9-16(18)20-15)22-19(24)25-14-4-2-1-3-5-14/h1-11H. The zero-order valence-corrected chi connectivity index (χ0v) is 14.5. The Morgan fingerprint density at radius 2 is 1.88 bits per heavy atom. The number of hydrogen-bond acceptors (Lipinski definition) is 6. The van der Waals surface area contributed by atoms with E-state index in [-0.39, 0.29) is 5.43 Å². The van der Waals surface area contributed by atoms with Crippen LogP contribution in [0.2, 0.25) is 0 Å². The van der Waals surface area contributed by atoms with E-state index in [0.717, 1.165) is 4.90 Å². The molecule has 1 aliphatic heterocycles. The maximum Gasteiger partial charge on any atom is 0.230 e. The first-order chi connectivity index (χ1) is 12.2. The number of thiocarbonyl (C=S) groups is 1. The first kappa shape index (κ1) is 15.8. The number of ether oxygens (including phenoxy) is 1. The summed E-state index contributed by atoms with van der Waals surface area (Å²) in [7, 11) is 0. The Morgan fingerprint density at radius 3 is 2.72 bits per heavy atom. The van der Waals surface area contributed by atoms with Gasteiger partial charge in [-0.25, -0.2) is 4.98 Å². The molecule has 0 spiro atoms. The molecule has 0 fully saturated rings. The molecule has 0 aromatic heterocycles. The van der Waals surface area contributed by atoms with Gasteiger partial charge in [-0.1, -0.05) is 18.2 Å². The molecule has 0 saturated carbocycles. The van der Waals surface area contributed by atoms with Crippen molar-refractivity contribution in [2.45, 2.75) is 4.90 Å². The van der Waals surface area contributed by atoms with Crippen molar-refractivity contribution < 1.29 is 9.15 Å². The third-order valence-electron chi connectivity index (χ3n) is 3.47. The van der Waals surface area contributed by atoms with Gasteiger partial charge in [-0.3, -0.25) is 4.79 Å². The van der Waals surface area contributed by atoms with Gasteiger partial charge < -0.3 is 9.15 Å². The van der Waals surface area contributed by atoms with Crippen LogP contribution in [0.15, 0.2) is 80.8 Å². The average molecular weight is 365 g/mol. The predicted octanol–water partition coefficient (Wildman–Crippen LogP) is 4.75. The molecule has 1 aliphatic carbocycles. The molecule has 4 nitrogen and oxygen atoms in total. The normalized spacial score (nSPS) is 10.9. The SMILES string of the molecule is O=c1ccc2nc3ccc(OC(=S)Sc4ccccc4)cc3oc-2c1. The fourth-order valence-electron chi connectivity index (χ4n) is 2.35. The van der Waals surface area contributed by atoms with E-state index < -0.39 is 0 Å². The zero-order valence-electron chi connectivity index (χ0n) is 12.8. The molecule has 0 unspecified atom stereocenters. The van der Waals surface area contributed by atoms with Crippen LogP contribution in [0.4, 0.5) is 0 Å². The van der Waals surface area contributed by atoms with Gasteiger partial charge in [-0.15, -0.1) is 0 Å². The van der Waals surface area contributed by atoms with Crippen molar-refractivity contribution in [3.8, 4) is 17.2 Å². The van der Waals surface area contributed by atoms with Crippen LogP contribution < -0.4 is 10.2 Å². The number of hydrogen-bond donors (Lipinski definition) is 0. The molecule has 2 aliphatic rings. The lowest BCUT2D eigenvalue weighted by atomic mass is 10.2. The summed E-state index contributed by atoms with van der Waals surface area (Å²) in [5, 5.41) is 0. The highest BCUT2D eigenvalue weighted by Gasteiger charge is 2.11. The van der Waals surface area contributed by atoms with Crippen LogP contribution in [-0.4, -0.2) is 9.37 Å². The van der Waals surface area contributed by atoms with Crippen LogP contribution in [0.5, 0.6) is 5.75 Å². The summed E-state index contributed by atoms with van der Waals surface area (Å²) < 4.78 is 11.9. The highest BCUT2D eigenvalue weighted by atomic mass is 32.2. The largest absolute Gasteiger partial charge is 0.453 e. The first-order valence-electron chi connectivity index (χ1n) is 7.47. The van der Waals surface area contributed by atoms with Crippen LogP contribution in [0, 0.1) is 0 Å². The fourth-order valence-corrected chi connectivity index (χ4v) is 3.36. The smallest absolute Gasteiger partial charge is 0.230 e. The number of benzene rings is 3. The molecule has 1 heterocycles. The van der Waals surface area contributed by atoms with E-state index in [9.17, 15) is 4.79 Å². The molecule has 0 bridgehead atoms. The molecule has 2 aromatic carbocycles. The van der Waals surface area contributed by atoms with Gasteiger partial charge in [0, 0.05) is 17.0 Å². The van der Waals surface area contributed by atoms with Crippen LogP contribution in [0.1, 0.15) is 0 Å². The van der Waals surface area contributed by atoms with E-state index >= 15 is 0 Å². The highest BCUT2D eigenvalue weighted by Crippen LogP contribution is 2.28. The summed E-state index contributed by atoms with van der Waals surface area (Å²) in [5.74, 6) is 1.00. The Kier molecular flexibility index (Phi) is 4.21. The van der Waals surface area contributed by atoms with Crippen molar-refractivity contribution in [3.05, 3.63) is 77.0 Å². The number of thioether (sulfide) groups is 1. The number of nitrogens with zero attached hydrogens (tertiary/aromatic N) is 1. The Labute approximate surface area is 152 Å². The second kappa shape index (κ2) is 6.66. The lowest BCUT2D eigenvalue weighted by molar-refractivity contribution is 0.571. The molecule has 0 atom stereocenters. The summed E-state index contributed by atoms with van der Waals surface area (Å²) in [6.45, 7) is 0. The minimum Gasteiger partial charge on any atom is -0.453 e. The molecular formula is C19H11NO3S2. The topological polar surface area (TPSA) is 52.3 Å². The van der Waals surface area contributed by atoms with Gasteiger partial charge in [0.15, 0.2) is 16.8 Å². The van der Waals surface area contributed by atoms with Gasteiger partial charge in [0.2, 0.25) is 4.38 Å². The summed E-state index contributed by atoms with van der Waals surface area (Å²) in [5.41, 5.74) is 1.73. The molecule has 2 aromatic rings. The maximum absolute atomic E-state index is 11.5. The van der Waals surface area contributed by atoms with Crippen LogP contribution in [-0.2, 0) is 0 Å². The van der Waals surface area contributed by atoms with E-state index in [1.165, 1.54) is 23.9 Å². The van der Waals surface area contributed by atoms with Gasteiger partial charge >= 0.3 is 0 Å².